The van der Waals surface area contributed by atoms with Crippen molar-refractivity contribution < 1.29 is 0 Å². The van der Waals surface area contributed by atoms with Crippen LogP contribution in [0.5, 0.6) is 0 Å². The average Bonchev–Trinajstić information content (AvgIpc) is 3.75. The molecule has 0 amide bonds. The van der Waals surface area contributed by atoms with Crippen LogP contribution in [-0.4, -0.2) is 38.0 Å². The summed E-state index contributed by atoms with van der Waals surface area (Å²) in [5.41, 5.74) is 8.53. The molecule has 7 nitrogen and oxygen atoms in total. The van der Waals surface area contributed by atoms with Crippen LogP contribution >= 0.6 is 12.4 Å². The van der Waals surface area contributed by atoms with E-state index in [0.717, 1.165) is 82.3 Å². The van der Waals surface area contributed by atoms with Gasteiger partial charge in [0.25, 0.3) is 0 Å². The monoisotopic (exact) mass is 511 g/mol. The van der Waals surface area contributed by atoms with Crippen molar-refractivity contribution in [3.8, 4) is 33.6 Å². The zero-order valence-corrected chi connectivity index (χ0v) is 21.3. The van der Waals surface area contributed by atoms with Gasteiger partial charge in [-0.15, -0.1) is 12.4 Å². The molecule has 0 aliphatic carbocycles. The fraction of sp³-hybridized carbons (Fsp3) is 0.276. The molecule has 2 aromatic carbocycles. The molecule has 2 aliphatic heterocycles. The minimum absolute atomic E-state index is 0. The molecule has 0 saturated carbocycles. The van der Waals surface area contributed by atoms with Crippen LogP contribution in [0.25, 0.3) is 44.7 Å². The number of imidazole rings is 2. The van der Waals surface area contributed by atoms with E-state index < -0.39 is 0 Å². The summed E-state index contributed by atoms with van der Waals surface area (Å²) in [5.74, 6) is 2.07. The maximum Gasteiger partial charge on any atom is 0.124 e. The third-order valence-electron chi connectivity index (χ3n) is 7.47. The van der Waals surface area contributed by atoms with Crippen molar-refractivity contribution in [2.24, 2.45) is 0 Å². The van der Waals surface area contributed by atoms with Crippen LogP contribution in [0.1, 0.15) is 49.4 Å². The Balaban J connectivity index is 0.00000252. The van der Waals surface area contributed by atoms with E-state index >= 15 is 0 Å². The molecule has 2 fully saturated rings. The van der Waals surface area contributed by atoms with Gasteiger partial charge in [-0.1, -0.05) is 36.4 Å². The molecule has 5 aromatic rings. The number of pyridine rings is 1. The number of fused-ring (bicyclic) bond motifs is 1. The topological polar surface area (TPSA) is 94.3 Å². The van der Waals surface area contributed by atoms with Crippen molar-refractivity contribution in [2.75, 3.05) is 13.1 Å². The number of aromatic nitrogens is 5. The zero-order valence-electron chi connectivity index (χ0n) is 20.5. The first-order valence-electron chi connectivity index (χ1n) is 12.9. The Morgan fingerprint density at radius 2 is 1.35 bits per heavy atom. The second kappa shape index (κ2) is 10.1. The van der Waals surface area contributed by atoms with Gasteiger partial charge < -0.3 is 20.6 Å². The summed E-state index contributed by atoms with van der Waals surface area (Å²) in [5, 5.41) is 7.01. The molecule has 188 valence electrons. The largest absolute Gasteiger partial charge is 0.341 e. The number of benzene rings is 2. The smallest absolute Gasteiger partial charge is 0.124 e. The summed E-state index contributed by atoms with van der Waals surface area (Å²) in [6.45, 7) is 2.13. The molecule has 0 spiro atoms. The molecule has 0 bridgehead atoms. The Morgan fingerprint density at radius 3 is 2.05 bits per heavy atom. The minimum Gasteiger partial charge on any atom is -0.341 e. The Kier molecular flexibility index (Phi) is 6.50. The lowest BCUT2D eigenvalue weighted by Gasteiger charge is -2.07. The summed E-state index contributed by atoms with van der Waals surface area (Å²) in [4.78, 5) is 21.2. The predicted molar refractivity (Wildman–Crippen MR) is 150 cm³/mol. The summed E-state index contributed by atoms with van der Waals surface area (Å²) in [6, 6.07) is 19.8. The number of aromatic amines is 2. The quantitative estimate of drug-likeness (QED) is 0.234. The average molecular weight is 512 g/mol. The van der Waals surface area contributed by atoms with Crippen LogP contribution in [-0.2, 0) is 0 Å². The van der Waals surface area contributed by atoms with Crippen LogP contribution in [0.15, 0.2) is 67.0 Å². The number of nitrogens with one attached hydrogen (secondary N) is 4. The number of H-pyrrole nitrogens is 2. The van der Waals surface area contributed by atoms with Gasteiger partial charge in [-0.05, 0) is 68.1 Å². The third kappa shape index (κ3) is 4.66. The predicted octanol–water partition coefficient (Wildman–Crippen LogP) is 5.95. The molecule has 0 radical (unpaired) electrons. The van der Waals surface area contributed by atoms with E-state index in [2.05, 4.69) is 80.2 Å². The van der Waals surface area contributed by atoms with Crippen molar-refractivity contribution >= 4 is 23.4 Å². The van der Waals surface area contributed by atoms with Crippen LogP contribution in [0.2, 0.25) is 0 Å². The van der Waals surface area contributed by atoms with E-state index in [1.807, 2.05) is 12.4 Å². The van der Waals surface area contributed by atoms with E-state index in [0.29, 0.717) is 12.1 Å². The summed E-state index contributed by atoms with van der Waals surface area (Å²) in [7, 11) is 0. The lowest BCUT2D eigenvalue weighted by Crippen LogP contribution is -2.14. The fourth-order valence-corrected chi connectivity index (χ4v) is 5.42. The molecule has 8 heteroatoms. The molecular formula is C29H30ClN7. The van der Waals surface area contributed by atoms with Gasteiger partial charge in [-0.3, -0.25) is 4.98 Å². The van der Waals surface area contributed by atoms with E-state index in [-0.39, 0.29) is 12.4 Å². The highest BCUT2D eigenvalue weighted by atomic mass is 35.5. The van der Waals surface area contributed by atoms with E-state index in [1.165, 1.54) is 12.8 Å². The Labute approximate surface area is 222 Å². The second-order valence-electron chi connectivity index (χ2n) is 9.84. The van der Waals surface area contributed by atoms with Gasteiger partial charge in [0.05, 0.1) is 40.7 Å². The van der Waals surface area contributed by atoms with Crippen LogP contribution in [0.3, 0.4) is 0 Å². The first-order valence-corrected chi connectivity index (χ1v) is 12.9. The lowest BCUT2D eigenvalue weighted by molar-refractivity contribution is 0.613. The fourth-order valence-electron chi connectivity index (χ4n) is 5.42. The first kappa shape index (κ1) is 23.9. The Bertz CT molecular complexity index is 1490. The summed E-state index contributed by atoms with van der Waals surface area (Å²) < 4.78 is 0. The first-order chi connectivity index (χ1) is 17.8. The van der Waals surface area contributed by atoms with Gasteiger partial charge in [0.2, 0.25) is 0 Å². The molecule has 0 unspecified atom stereocenters. The molecule has 37 heavy (non-hydrogen) atoms. The van der Waals surface area contributed by atoms with Gasteiger partial charge >= 0.3 is 0 Å². The van der Waals surface area contributed by atoms with Gasteiger partial charge in [-0.2, -0.15) is 0 Å². The van der Waals surface area contributed by atoms with Crippen molar-refractivity contribution in [3.05, 3.63) is 78.6 Å². The molecule has 2 aliphatic rings. The Morgan fingerprint density at radius 1 is 0.649 bits per heavy atom. The van der Waals surface area contributed by atoms with E-state index in [9.17, 15) is 0 Å². The maximum atomic E-state index is 4.85. The van der Waals surface area contributed by atoms with Crippen LogP contribution in [0, 0.1) is 0 Å². The molecule has 4 N–H and O–H groups in total. The summed E-state index contributed by atoms with van der Waals surface area (Å²) >= 11 is 0. The number of nitrogens with zero attached hydrogens (tertiary/aromatic N) is 3. The van der Waals surface area contributed by atoms with Gasteiger partial charge in [0, 0.05) is 17.3 Å². The third-order valence-corrected chi connectivity index (χ3v) is 7.47. The molecular weight excluding hydrogens is 482 g/mol. The van der Waals surface area contributed by atoms with Crippen LogP contribution < -0.4 is 10.6 Å². The molecule has 2 saturated heterocycles. The number of rotatable bonds is 5. The number of halogens is 1. The van der Waals surface area contributed by atoms with Crippen molar-refractivity contribution in [3.63, 3.8) is 0 Å². The van der Waals surface area contributed by atoms with Gasteiger partial charge in [0.15, 0.2) is 0 Å². The highest BCUT2D eigenvalue weighted by molar-refractivity contribution is 5.85. The van der Waals surface area contributed by atoms with Gasteiger partial charge in [-0.25, -0.2) is 9.97 Å². The molecule has 3 aromatic heterocycles. The zero-order chi connectivity index (χ0) is 23.9. The molecule has 7 rings (SSSR count). The maximum absolute atomic E-state index is 4.85. The van der Waals surface area contributed by atoms with E-state index in [4.69, 9.17) is 9.97 Å². The van der Waals surface area contributed by atoms with Gasteiger partial charge in [0.1, 0.15) is 11.6 Å². The highest BCUT2D eigenvalue weighted by Crippen LogP contribution is 2.29. The standard InChI is InChI=1S/C29H29N7.ClH/c1-3-24(30-13-1)28-33-17-27(36-28)19-7-5-18(6-8-19)21-10-11-22(32-16-21)20-9-12-23-26(15-20)35-29(34-23)25-4-2-14-31-25;/h5-12,15-17,24-25,30-31H,1-4,13-14H2,(H,33,36)(H,34,35);1H/t24-,25-;/m0./s1. The van der Waals surface area contributed by atoms with Crippen molar-refractivity contribution in [1.29, 1.82) is 0 Å². The van der Waals surface area contributed by atoms with Crippen molar-refractivity contribution in [1.82, 2.24) is 35.6 Å². The SMILES string of the molecule is Cl.c1cc(-c2cnc([C@@H]3CCCN3)[nH]2)ccc1-c1ccc(-c2ccc3[nH]c([C@@H]4CCCN4)nc3c2)nc1. The normalized spacial score (nSPS) is 19.4. The summed E-state index contributed by atoms with van der Waals surface area (Å²) in [6.07, 6.45) is 8.57. The van der Waals surface area contributed by atoms with Crippen LogP contribution in [0.4, 0.5) is 0 Å². The van der Waals surface area contributed by atoms with E-state index in [1.54, 1.807) is 0 Å². The minimum atomic E-state index is 0. The number of hydrogen-bond acceptors (Lipinski definition) is 5. The highest BCUT2D eigenvalue weighted by Gasteiger charge is 2.20. The molecule has 5 heterocycles. The second-order valence-corrected chi connectivity index (χ2v) is 9.84. The molecule has 2 atom stereocenters. The Hall–Kier alpha value is -3.52. The lowest BCUT2D eigenvalue weighted by atomic mass is 10.0. The number of hydrogen-bond donors (Lipinski definition) is 4. The van der Waals surface area contributed by atoms with Crippen molar-refractivity contribution in [2.45, 2.75) is 37.8 Å².